The Bertz CT molecular complexity index is 872. The molecule has 0 saturated carbocycles. The standard InChI is InChI=1S/C16H12Cl2F3N3O/c1-2-23-12(25)4-3-11(24-7-22-15(17)16(24)18)14(23)13-9(20)5-8(19)6-10(13)21/h5-7H,2-4H2,1H3. The lowest BCUT2D eigenvalue weighted by molar-refractivity contribution is -0.128. The molecule has 3 rings (SSSR count). The zero-order valence-corrected chi connectivity index (χ0v) is 14.5. The van der Waals surface area contributed by atoms with E-state index in [9.17, 15) is 18.0 Å². The highest BCUT2D eigenvalue weighted by atomic mass is 35.5. The lowest BCUT2D eigenvalue weighted by Gasteiger charge is -2.32. The van der Waals surface area contributed by atoms with Crippen LogP contribution in [0.4, 0.5) is 13.2 Å². The summed E-state index contributed by atoms with van der Waals surface area (Å²) in [4.78, 5) is 17.4. The minimum Gasteiger partial charge on any atom is -0.310 e. The van der Waals surface area contributed by atoms with Crippen LogP contribution in [0, 0.1) is 17.5 Å². The first-order valence-electron chi connectivity index (χ1n) is 7.42. The molecule has 0 atom stereocenters. The third-order valence-electron chi connectivity index (χ3n) is 3.94. The van der Waals surface area contributed by atoms with Crippen LogP contribution in [-0.4, -0.2) is 26.9 Å². The molecule has 0 aliphatic carbocycles. The average molecular weight is 390 g/mol. The summed E-state index contributed by atoms with van der Waals surface area (Å²) < 4.78 is 43.4. The topological polar surface area (TPSA) is 38.1 Å². The number of allylic oxidation sites excluding steroid dienone is 1. The van der Waals surface area contributed by atoms with Crippen LogP contribution in [0.25, 0.3) is 11.4 Å². The molecule has 9 heteroatoms. The summed E-state index contributed by atoms with van der Waals surface area (Å²) in [7, 11) is 0. The lowest BCUT2D eigenvalue weighted by atomic mass is 10.00. The second kappa shape index (κ2) is 6.72. The molecular weight excluding hydrogens is 378 g/mol. The van der Waals surface area contributed by atoms with Gasteiger partial charge in [-0.2, -0.15) is 0 Å². The van der Waals surface area contributed by atoms with Crippen molar-refractivity contribution < 1.29 is 18.0 Å². The van der Waals surface area contributed by atoms with E-state index in [0.29, 0.717) is 17.8 Å². The fourth-order valence-corrected chi connectivity index (χ4v) is 3.20. The molecule has 4 nitrogen and oxygen atoms in total. The van der Waals surface area contributed by atoms with Crippen molar-refractivity contribution in [3.8, 4) is 0 Å². The highest BCUT2D eigenvalue weighted by molar-refractivity contribution is 6.40. The van der Waals surface area contributed by atoms with E-state index in [1.165, 1.54) is 15.8 Å². The largest absolute Gasteiger partial charge is 0.310 e. The van der Waals surface area contributed by atoms with Crippen LogP contribution in [0.2, 0.25) is 10.3 Å². The molecule has 25 heavy (non-hydrogen) atoms. The molecule has 0 unspecified atom stereocenters. The summed E-state index contributed by atoms with van der Waals surface area (Å²) in [6.07, 6.45) is 1.61. The molecule has 132 valence electrons. The molecule has 1 aliphatic heterocycles. The minimum atomic E-state index is -1.11. The van der Waals surface area contributed by atoms with Crippen molar-refractivity contribution in [1.82, 2.24) is 14.5 Å². The number of nitrogens with zero attached hydrogens (tertiary/aromatic N) is 3. The van der Waals surface area contributed by atoms with Gasteiger partial charge in [-0.1, -0.05) is 23.2 Å². The molecule has 1 aromatic heterocycles. The average Bonchev–Trinajstić information content (AvgIpc) is 2.86. The van der Waals surface area contributed by atoms with Gasteiger partial charge in [0.05, 0.1) is 17.0 Å². The van der Waals surface area contributed by atoms with Gasteiger partial charge in [-0.15, -0.1) is 0 Å². The van der Waals surface area contributed by atoms with Crippen molar-refractivity contribution in [3.63, 3.8) is 0 Å². The zero-order valence-electron chi connectivity index (χ0n) is 13.0. The number of imidazole rings is 1. The number of carbonyl (C=O) groups is 1. The Morgan fingerprint density at radius 2 is 1.80 bits per heavy atom. The molecule has 1 aliphatic rings. The summed E-state index contributed by atoms with van der Waals surface area (Å²) in [5, 5.41) is 0.0796. The van der Waals surface area contributed by atoms with Crippen molar-refractivity contribution >= 4 is 40.5 Å². The van der Waals surface area contributed by atoms with E-state index in [1.54, 1.807) is 6.92 Å². The molecule has 0 bridgehead atoms. The summed E-state index contributed by atoms with van der Waals surface area (Å²) in [5.41, 5.74) is -0.146. The van der Waals surface area contributed by atoms with Gasteiger partial charge >= 0.3 is 0 Å². The Hall–Kier alpha value is -1.99. The van der Waals surface area contributed by atoms with E-state index in [0.717, 1.165) is 0 Å². The maximum atomic E-state index is 14.4. The van der Waals surface area contributed by atoms with E-state index >= 15 is 0 Å². The molecule has 1 aromatic carbocycles. The van der Waals surface area contributed by atoms with Crippen LogP contribution in [0.3, 0.4) is 0 Å². The Labute approximate surface area is 151 Å². The number of amides is 1. The van der Waals surface area contributed by atoms with Crippen LogP contribution in [0.5, 0.6) is 0 Å². The molecule has 0 spiro atoms. The zero-order chi connectivity index (χ0) is 18.3. The highest BCUT2D eigenvalue weighted by Gasteiger charge is 2.32. The fraction of sp³-hybridized carbons (Fsp3) is 0.250. The van der Waals surface area contributed by atoms with E-state index in [-0.39, 0.29) is 41.3 Å². The number of hydrogen-bond donors (Lipinski definition) is 0. The normalized spacial score (nSPS) is 15.3. The van der Waals surface area contributed by atoms with Crippen molar-refractivity contribution in [1.29, 1.82) is 0 Å². The Kier molecular flexibility index (Phi) is 4.79. The molecule has 0 saturated heterocycles. The quantitative estimate of drug-likeness (QED) is 0.770. The van der Waals surface area contributed by atoms with Crippen molar-refractivity contribution in [3.05, 3.63) is 51.8 Å². The fourth-order valence-electron chi connectivity index (χ4n) is 2.88. The van der Waals surface area contributed by atoms with Crippen molar-refractivity contribution in [2.45, 2.75) is 19.8 Å². The van der Waals surface area contributed by atoms with Crippen LogP contribution in [0.15, 0.2) is 18.5 Å². The number of hydrogen-bond acceptors (Lipinski definition) is 2. The number of rotatable bonds is 3. The van der Waals surface area contributed by atoms with Crippen molar-refractivity contribution in [2.24, 2.45) is 0 Å². The van der Waals surface area contributed by atoms with E-state index in [2.05, 4.69) is 4.98 Å². The van der Waals surface area contributed by atoms with Gasteiger partial charge in [0.2, 0.25) is 5.91 Å². The van der Waals surface area contributed by atoms with Gasteiger partial charge in [-0.25, -0.2) is 18.2 Å². The van der Waals surface area contributed by atoms with Gasteiger partial charge in [0.15, 0.2) is 10.3 Å². The maximum absolute atomic E-state index is 14.4. The number of benzene rings is 1. The predicted molar refractivity (Wildman–Crippen MR) is 88.3 cm³/mol. The number of halogens is 5. The van der Waals surface area contributed by atoms with E-state index in [4.69, 9.17) is 23.2 Å². The molecule has 2 aromatic rings. The monoisotopic (exact) mass is 389 g/mol. The van der Waals surface area contributed by atoms with E-state index < -0.39 is 23.0 Å². The van der Waals surface area contributed by atoms with Crippen LogP contribution in [-0.2, 0) is 4.79 Å². The molecule has 0 N–H and O–H groups in total. The molecule has 2 heterocycles. The summed E-state index contributed by atoms with van der Waals surface area (Å²) in [5.74, 6) is -3.57. The van der Waals surface area contributed by atoms with Crippen molar-refractivity contribution in [2.75, 3.05) is 6.54 Å². The lowest BCUT2D eigenvalue weighted by Crippen LogP contribution is -2.34. The van der Waals surface area contributed by atoms with Gasteiger partial charge < -0.3 is 4.90 Å². The maximum Gasteiger partial charge on any atom is 0.227 e. The van der Waals surface area contributed by atoms with E-state index in [1.807, 2.05) is 0 Å². The van der Waals surface area contributed by atoms with Crippen LogP contribution >= 0.6 is 23.2 Å². The Morgan fingerprint density at radius 3 is 2.32 bits per heavy atom. The SMILES string of the molecule is CCN1C(=O)CCC(n2cnc(Cl)c2Cl)=C1c1c(F)cc(F)cc1F. The number of carbonyl (C=O) groups excluding carboxylic acids is 1. The number of aromatic nitrogens is 2. The third-order valence-corrected chi connectivity index (χ3v) is 4.67. The second-order valence-electron chi connectivity index (χ2n) is 5.37. The van der Waals surface area contributed by atoms with Gasteiger partial charge in [-0.3, -0.25) is 9.36 Å². The van der Waals surface area contributed by atoms with Gasteiger partial charge in [-0.05, 0) is 13.3 Å². The van der Waals surface area contributed by atoms with Crippen LogP contribution < -0.4 is 0 Å². The minimum absolute atomic E-state index is 0.00952. The first kappa shape index (κ1) is 17.8. The van der Waals surface area contributed by atoms with Gasteiger partial charge in [0, 0.05) is 25.1 Å². The summed E-state index contributed by atoms with van der Waals surface area (Å²) in [6.45, 7) is 1.84. The van der Waals surface area contributed by atoms with Gasteiger partial charge in [0.1, 0.15) is 23.8 Å². The highest BCUT2D eigenvalue weighted by Crippen LogP contribution is 2.38. The molecule has 0 fully saturated rings. The third kappa shape index (κ3) is 3.02. The van der Waals surface area contributed by atoms with Crippen LogP contribution in [0.1, 0.15) is 25.3 Å². The Morgan fingerprint density at radius 1 is 1.16 bits per heavy atom. The molecule has 0 radical (unpaired) electrons. The second-order valence-corrected chi connectivity index (χ2v) is 6.09. The predicted octanol–water partition coefficient (Wildman–Crippen LogP) is 4.58. The molecule has 1 amide bonds. The smallest absolute Gasteiger partial charge is 0.227 e. The first-order chi connectivity index (χ1) is 11.8. The molecular formula is C16H12Cl2F3N3O. The Balaban J connectivity index is 2.35. The summed E-state index contributed by atoms with van der Waals surface area (Å²) >= 11 is 12.0. The van der Waals surface area contributed by atoms with Gasteiger partial charge in [0.25, 0.3) is 0 Å². The summed E-state index contributed by atoms with van der Waals surface area (Å²) in [6, 6.07) is 1.14. The first-order valence-corrected chi connectivity index (χ1v) is 8.17.